The van der Waals surface area contributed by atoms with Gasteiger partial charge in [0.15, 0.2) is 5.65 Å². The third-order valence-corrected chi connectivity index (χ3v) is 5.54. The Morgan fingerprint density at radius 3 is 2.90 bits per heavy atom. The number of halogens is 2. The zero-order valence-corrected chi connectivity index (χ0v) is 17.1. The second-order valence-corrected chi connectivity index (χ2v) is 8.03. The molecule has 1 amide bonds. The lowest BCUT2D eigenvalue weighted by Crippen LogP contribution is -2.39. The summed E-state index contributed by atoms with van der Waals surface area (Å²) in [6, 6.07) is 8.23. The molecule has 7 heteroatoms. The highest BCUT2D eigenvalue weighted by molar-refractivity contribution is 6.30. The van der Waals surface area contributed by atoms with Crippen LogP contribution in [0.25, 0.3) is 11.0 Å². The number of nitrogens with zero attached hydrogens (tertiary/aromatic N) is 3. The van der Waals surface area contributed by atoms with E-state index in [1.165, 1.54) is 12.1 Å². The second kappa shape index (κ2) is 7.95. The Hall–Kier alpha value is -2.73. The molecule has 1 fully saturated rings. The average Bonchev–Trinajstić information content (AvgIpc) is 2.70. The second-order valence-electron chi connectivity index (χ2n) is 7.62. The van der Waals surface area contributed by atoms with E-state index in [0.29, 0.717) is 33.9 Å². The number of carbonyl (C=O) groups excluding carboxylic acids is 1. The maximum Gasteiger partial charge on any atom is 0.257 e. The molecule has 0 spiro atoms. The number of hydrogen-bond donors (Lipinski definition) is 1. The summed E-state index contributed by atoms with van der Waals surface area (Å²) in [4.78, 5) is 24.1. The number of hydrogen-bond acceptors (Lipinski definition) is 4. The Kier molecular flexibility index (Phi) is 5.37. The van der Waals surface area contributed by atoms with Crippen LogP contribution in [0.1, 0.15) is 35.8 Å². The molecule has 4 rings (SSSR count). The number of nitrogens with one attached hydrogen (secondary N) is 1. The highest BCUT2D eigenvalue weighted by Crippen LogP contribution is 2.31. The van der Waals surface area contributed by atoms with E-state index in [2.05, 4.69) is 22.2 Å². The number of rotatable bonds is 3. The molecule has 0 radical (unpaired) electrons. The molecule has 0 bridgehead atoms. The van der Waals surface area contributed by atoms with Crippen molar-refractivity contribution in [2.45, 2.75) is 26.7 Å². The van der Waals surface area contributed by atoms with E-state index in [1.807, 2.05) is 24.0 Å². The lowest BCUT2D eigenvalue weighted by molar-refractivity contribution is 0.0684. The smallest absolute Gasteiger partial charge is 0.257 e. The minimum atomic E-state index is -0.526. The van der Waals surface area contributed by atoms with Gasteiger partial charge in [-0.25, -0.2) is 14.4 Å². The van der Waals surface area contributed by atoms with E-state index in [1.54, 1.807) is 12.3 Å². The number of likely N-dealkylation sites (tertiary alicyclic amines) is 1. The molecule has 1 atom stereocenters. The van der Waals surface area contributed by atoms with Gasteiger partial charge in [-0.1, -0.05) is 18.5 Å². The van der Waals surface area contributed by atoms with Gasteiger partial charge in [0, 0.05) is 36.1 Å². The van der Waals surface area contributed by atoms with Crippen molar-refractivity contribution in [3.63, 3.8) is 0 Å². The molecule has 0 aliphatic carbocycles. The average molecular weight is 413 g/mol. The number of amides is 1. The molecule has 1 saturated heterocycles. The lowest BCUT2D eigenvalue weighted by Gasteiger charge is -2.31. The summed E-state index contributed by atoms with van der Waals surface area (Å²) in [5.41, 5.74) is 2.89. The van der Waals surface area contributed by atoms with Crippen molar-refractivity contribution in [1.29, 1.82) is 0 Å². The maximum atomic E-state index is 14.0. The summed E-state index contributed by atoms with van der Waals surface area (Å²) >= 11 is 5.81. The molecule has 1 aromatic carbocycles. The Bertz CT molecular complexity index is 1090. The van der Waals surface area contributed by atoms with Crippen LogP contribution in [0.5, 0.6) is 0 Å². The number of benzene rings is 1. The molecule has 5 nitrogen and oxygen atoms in total. The van der Waals surface area contributed by atoms with Crippen LogP contribution in [0.2, 0.25) is 5.02 Å². The first-order chi connectivity index (χ1) is 13.9. The third-order valence-electron chi connectivity index (χ3n) is 5.23. The van der Waals surface area contributed by atoms with E-state index < -0.39 is 5.82 Å². The van der Waals surface area contributed by atoms with Crippen LogP contribution in [0.3, 0.4) is 0 Å². The molecule has 150 valence electrons. The number of anilines is 2. The van der Waals surface area contributed by atoms with E-state index in [-0.39, 0.29) is 10.9 Å². The molecule has 1 N–H and O–H groups in total. The molecule has 1 aliphatic rings. The van der Waals surface area contributed by atoms with Gasteiger partial charge in [-0.15, -0.1) is 0 Å². The molecular weight excluding hydrogens is 391 g/mol. The van der Waals surface area contributed by atoms with Gasteiger partial charge in [-0.3, -0.25) is 4.79 Å². The number of fused-ring (bicyclic) bond motifs is 1. The largest absolute Gasteiger partial charge is 0.354 e. The summed E-state index contributed by atoms with van der Waals surface area (Å²) in [5.74, 6) is -0.141. The minimum absolute atomic E-state index is 0.0473. The Labute approximate surface area is 173 Å². The van der Waals surface area contributed by atoms with Crippen LogP contribution >= 0.6 is 11.6 Å². The summed E-state index contributed by atoms with van der Waals surface area (Å²) in [6.07, 6.45) is 3.67. The minimum Gasteiger partial charge on any atom is -0.354 e. The molecule has 3 heterocycles. The molecule has 3 aromatic rings. The van der Waals surface area contributed by atoms with Crippen molar-refractivity contribution >= 4 is 39.9 Å². The van der Waals surface area contributed by atoms with Crippen LogP contribution in [0.15, 0.2) is 36.5 Å². The van der Waals surface area contributed by atoms with Crippen molar-refractivity contribution in [2.24, 2.45) is 5.92 Å². The van der Waals surface area contributed by atoms with Gasteiger partial charge >= 0.3 is 0 Å². The fraction of sp³-hybridized carbons (Fsp3) is 0.318. The number of pyridine rings is 2. The predicted molar refractivity (Wildman–Crippen MR) is 113 cm³/mol. The number of carbonyl (C=O) groups is 1. The highest BCUT2D eigenvalue weighted by Gasteiger charge is 2.25. The molecule has 0 saturated carbocycles. The summed E-state index contributed by atoms with van der Waals surface area (Å²) in [7, 11) is 0. The zero-order valence-electron chi connectivity index (χ0n) is 16.4. The van der Waals surface area contributed by atoms with E-state index in [4.69, 9.17) is 11.6 Å². The van der Waals surface area contributed by atoms with E-state index in [0.717, 1.165) is 31.6 Å². The fourth-order valence-electron chi connectivity index (χ4n) is 3.73. The van der Waals surface area contributed by atoms with Crippen molar-refractivity contribution in [1.82, 2.24) is 14.9 Å². The topological polar surface area (TPSA) is 58.1 Å². The number of piperidine rings is 1. The molecule has 0 unspecified atom stereocenters. The Morgan fingerprint density at radius 2 is 2.14 bits per heavy atom. The number of aryl methyl sites for hydroxylation is 1. The predicted octanol–water partition coefficient (Wildman–Crippen LogP) is 5.35. The van der Waals surface area contributed by atoms with Crippen LogP contribution in [-0.4, -0.2) is 33.9 Å². The van der Waals surface area contributed by atoms with Gasteiger partial charge in [0.1, 0.15) is 5.82 Å². The van der Waals surface area contributed by atoms with E-state index >= 15 is 0 Å². The monoisotopic (exact) mass is 412 g/mol. The maximum absolute atomic E-state index is 14.0. The van der Waals surface area contributed by atoms with Crippen LogP contribution in [0.4, 0.5) is 15.8 Å². The molecule has 2 aromatic heterocycles. The summed E-state index contributed by atoms with van der Waals surface area (Å²) in [6.45, 7) is 5.48. The van der Waals surface area contributed by atoms with Crippen LogP contribution in [0, 0.1) is 18.7 Å². The van der Waals surface area contributed by atoms with Crippen molar-refractivity contribution in [3.8, 4) is 0 Å². The van der Waals surface area contributed by atoms with Gasteiger partial charge < -0.3 is 10.2 Å². The van der Waals surface area contributed by atoms with Crippen LogP contribution in [-0.2, 0) is 0 Å². The van der Waals surface area contributed by atoms with Gasteiger partial charge in [-0.2, -0.15) is 0 Å². The standard InChI is InChI=1S/C22H22ClFN4O/c1-13-4-3-9-28(12-13)22(29)17-11-25-21-16(7-5-14(2)26-21)20(17)27-15-6-8-18(23)19(24)10-15/h5-8,10-11,13H,3-4,9,12H2,1-2H3,(H,25,26,27)/t13-/m0/s1. The number of aromatic nitrogens is 2. The summed E-state index contributed by atoms with van der Waals surface area (Å²) < 4.78 is 14.0. The molecule has 29 heavy (non-hydrogen) atoms. The first-order valence-corrected chi connectivity index (χ1v) is 10.1. The SMILES string of the molecule is Cc1ccc2c(Nc3ccc(Cl)c(F)c3)c(C(=O)N3CCC[C@H](C)C3)cnc2n1. The van der Waals surface area contributed by atoms with E-state index in [9.17, 15) is 9.18 Å². The van der Waals surface area contributed by atoms with Gasteiger partial charge in [0.25, 0.3) is 5.91 Å². The van der Waals surface area contributed by atoms with Crippen molar-refractivity contribution in [2.75, 3.05) is 18.4 Å². The Balaban J connectivity index is 1.80. The lowest BCUT2D eigenvalue weighted by atomic mass is 9.99. The van der Waals surface area contributed by atoms with Crippen LogP contribution < -0.4 is 5.32 Å². The third kappa shape index (κ3) is 4.03. The van der Waals surface area contributed by atoms with Crippen molar-refractivity contribution < 1.29 is 9.18 Å². The molecular formula is C22H22ClFN4O. The first-order valence-electron chi connectivity index (χ1n) is 9.70. The quantitative estimate of drug-likeness (QED) is 0.630. The normalized spacial score (nSPS) is 16.8. The first kappa shape index (κ1) is 19.6. The Morgan fingerprint density at radius 1 is 1.31 bits per heavy atom. The zero-order chi connectivity index (χ0) is 20.5. The fourth-order valence-corrected chi connectivity index (χ4v) is 3.85. The van der Waals surface area contributed by atoms with Gasteiger partial charge in [0.05, 0.1) is 16.3 Å². The summed E-state index contributed by atoms with van der Waals surface area (Å²) in [5, 5.41) is 3.97. The highest BCUT2D eigenvalue weighted by atomic mass is 35.5. The van der Waals surface area contributed by atoms with Gasteiger partial charge in [-0.05, 0) is 56.0 Å². The molecule has 1 aliphatic heterocycles. The van der Waals surface area contributed by atoms with Gasteiger partial charge in [0.2, 0.25) is 0 Å². The van der Waals surface area contributed by atoms with Crippen molar-refractivity contribution in [3.05, 3.63) is 58.6 Å².